The van der Waals surface area contributed by atoms with Crippen molar-refractivity contribution in [3.63, 3.8) is 0 Å². The smallest absolute Gasteiger partial charge is 0.341 e. The van der Waals surface area contributed by atoms with Crippen LogP contribution in [0.1, 0.15) is 59.1 Å². The monoisotopic (exact) mass is 531 g/mol. The first-order valence-electron chi connectivity index (χ1n) is 14.2. The van der Waals surface area contributed by atoms with Gasteiger partial charge in [0.15, 0.2) is 0 Å². The number of benzene rings is 2. The van der Waals surface area contributed by atoms with E-state index in [1.54, 1.807) is 0 Å². The standard InChI is InChI=1S/C32H41N3O4/c1-7-34(8-2)23-16-18-26(28(21-23)37-11-5)32(30-25(31(36)39-32)15-13-14-20-33-30)27-19-17-24(35(9-3)10-4)22-29(27)38-12-6/h13,15-22H,7-12,14H2,1-6H3. The molecule has 0 saturated carbocycles. The summed E-state index contributed by atoms with van der Waals surface area (Å²) >= 11 is 0. The van der Waals surface area contributed by atoms with Crippen molar-refractivity contribution in [3.05, 3.63) is 70.9 Å². The van der Waals surface area contributed by atoms with Gasteiger partial charge >= 0.3 is 5.97 Å². The predicted octanol–water partition coefficient (Wildman–Crippen LogP) is 6.26. The van der Waals surface area contributed by atoms with Gasteiger partial charge in [-0.15, -0.1) is 0 Å². The molecule has 7 nitrogen and oxygen atoms in total. The van der Waals surface area contributed by atoms with Gasteiger partial charge in [0.05, 0.1) is 18.8 Å². The maximum atomic E-state index is 13.5. The molecule has 39 heavy (non-hydrogen) atoms. The number of allylic oxidation sites excluding steroid dienone is 1. The van der Waals surface area contributed by atoms with Crippen LogP contribution in [0.5, 0.6) is 11.5 Å². The van der Waals surface area contributed by atoms with Gasteiger partial charge in [0.2, 0.25) is 5.60 Å². The molecule has 0 unspecified atom stereocenters. The van der Waals surface area contributed by atoms with E-state index < -0.39 is 11.6 Å². The molecule has 7 heteroatoms. The fourth-order valence-corrected chi connectivity index (χ4v) is 5.46. The summed E-state index contributed by atoms with van der Waals surface area (Å²) in [5.41, 5.74) is 3.21. The number of nitrogens with zero attached hydrogens (tertiary/aromatic N) is 3. The summed E-state index contributed by atoms with van der Waals surface area (Å²) in [5, 5.41) is 0. The Labute approximate surface area is 232 Å². The molecule has 2 aliphatic heterocycles. The largest absolute Gasteiger partial charge is 0.493 e. The van der Waals surface area contributed by atoms with Crippen LogP contribution in [0.4, 0.5) is 11.4 Å². The Morgan fingerprint density at radius 3 is 1.79 bits per heavy atom. The molecule has 2 heterocycles. The van der Waals surface area contributed by atoms with Crippen molar-refractivity contribution < 1.29 is 19.0 Å². The summed E-state index contributed by atoms with van der Waals surface area (Å²) in [4.78, 5) is 22.9. The molecule has 2 aromatic rings. The highest BCUT2D eigenvalue weighted by molar-refractivity contribution is 5.98. The number of cyclic esters (lactones) is 1. The van der Waals surface area contributed by atoms with Gasteiger partial charge in [-0.05, 0) is 71.9 Å². The van der Waals surface area contributed by atoms with Crippen LogP contribution in [0, 0.1) is 0 Å². The normalized spacial score (nSPS) is 15.6. The molecule has 2 aromatic carbocycles. The van der Waals surface area contributed by atoms with Crippen molar-refractivity contribution in [2.75, 3.05) is 49.2 Å². The zero-order valence-electron chi connectivity index (χ0n) is 24.1. The molecule has 2 aliphatic rings. The third-order valence-electron chi connectivity index (χ3n) is 7.35. The highest BCUT2D eigenvalue weighted by Crippen LogP contribution is 2.54. The third kappa shape index (κ3) is 5.14. The summed E-state index contributed by atoms with van der Waals surface area (Å²) in [6.07, 6.45) is 6.21. The van der Waals surface area contributed by atoms with Gasteiger partial charge in [0.1, 0.15) is 17.2 Å². The number of hydrogen-bond donors (Lipinski definition) is 0. The molecule has 208 valence electrons. The second kappa shape index (κ2) is 12.4. The van der Waals surface area contributed by atoms with Crippen molar-refractivity contribution in [2.24, 2.45) is 4.99 Å². The fourth-order valence-electron chi connectivity index (χ4n) is 5.46. The topological polar surface area (TPSA) is 63.6 Å². The Bertz CT molecular complexity index is 1210. The van der Waals surface area contributed by atoms with E-state index in [9.17, 15) is 4.79 Å². The second-order valence-electron chi connectivity index (χ2n) is 9.35. The first-order chi connectivity index (χ1) is 19.0. The van der Waals surface area contributed by atoms with Crippen molar-refractivity contribution in [1.82, 2.24) is 0 Å². The van der Waals surface area contributed by atoms with E-state index in [2.05, 4.69) is 49.6 Å². The van der Waals surface area contributed by atoms with Gasteiger partial charge in [-0.2, -0.15) is 0 Å². The van der Waals surface area contributed by atoms with Crippen LogP contribution in [0.15, 0.2) is 64.8 Å². The Kier molecular flexibility index (Phi) is 9.00. The number of rotatable bonds is 12. The lowest BCUT2D eigenvalue weighted by molar-refractivity contribution is -0.144. The van der Waals surface area contributed by atoms with Crippen molar-refractivity contribution in [3.8, 4) is 11.5 Å². The maximum Gasteiger partial charge on any atom is 0.341 e. The van der Waals surface area contributed by atoms with E-state index in [-0.39, 0.29) is 0 Å². The first-order valence-corrected chi connectivity index (χ1v) is 14.2. The van der Waals surface area contributed by atoms with Crippen LogP contribution in [0.25, 0.3) is 0 Å². The molecule has 0 spiro atoms. The molecule has 0 N–H and O–H groups in total. The average molecular weight is 532 g/mol. The summed E-state index contributed by atoms with van der Waals surface area (Å²) < 4.78 is 19.0. The lowest BCUT2D eigenvalue weighted by Crippen LogP contribution is -2.32. The Balaban J connectivity index is 2.05. The number of hydrogen-bond acceptors (Lipinski definition) is 7. The number of carbonyl (C=O) groups excluding carboxylic acids is 1. The molecule has 0 saturated heterocycles. The number of carbonyl (C=O) groups is 1. The molecular weight excluding hydrogens is 490 g/mol. The van der Waals surface area contributed by atoms with E-state index >= 15 is 0 Å². The second-order valence-corrected chi connectivity index (χ2v) is 9.35. The van der Waals surface area contributed by atoms with Gasteiger partial charge < -0.3 is 24.0 Å². The maximum absolute atomic E-state index is 13.5. The van der Waals surface area contributed by atoms with Crippen molar-refractivity contribution in [1.29, 1.82) is 0 Å². The predicted molar refractivity (Wildman–Crippen MR) is 158 cm³/mol. The zero-order valence-corrected chi connectivity index (χ0v) is 24.1. The molecular formula is C32H41N3O4. The van der Waals surface area contributed by atoms with Gasteiger partial charge in [0.25, 0.3) is 0 Å². The molecule has 0 aromatic heterocycles. The lowest BCUT2D eigenvalue weighted by atomic mass is 9.81. The highest BCUT2D eigenvalue weighted by atomic mass is 16.6. The van der Waals surface area contributed by atoms with Gasteiger partial charge in [0, 0.05) is 73.4 Å². The molecule has 0 aliphatic carbocycles. The minimum Gasteiger partial charge on any atom is -0.493 e. The summed E-state index contributed by atoms with van der Waals surface area (Å²) in [5.74, 6) is 0.898. The Hall–Kier alpha value is -3.74. The number of ether oxygens (including phenoxy) is 3. The van der Waals surface area contributed by atoms with Crippen LogP contribution in [0.3, 0.4) is 0 Å². The number of aliphatic imine (C=N–C) groups is 1. The van der Waals surface area contributed by atoms with Crippen LogP contribution in [-0.2, 0) is 15.1 Å². The van der Waals surface area contributed by atoms with Crippen LogP contribution >= 0.6 is 0 Å². The van der Waals surface area contributed by atoms with Crippen LogP contribution < -0.4 is 19.3 Å². The SMILES string of the molecule is CCOc1cc(N(CC)CC)ccc1C1(c2ccc(N(CC)CC)cc2OCC)OC(=O)C2=C1N=CCC=C2. The Morgan fingerprint density at radius 1 is 0.821 bits per heavy atom. The zero-order chi connectivity index (χ0) is 28.0. The fraction of sp³-hybridized carbons (Fsp3) is 0.438. The summed E-state index contributed by atoms with van der Waals surface area (Å²) in [6, 6.07) is 12.3. The lowest BCUT2D eigenvalue weighted by Gasteiger charge is -2.34. The molecule has 0 fully saturated rings. The van der Waals surface area contributed by atoms with E-state index in [0.29, 0.717) is 42.4 Å². The number of esters is 1. The average Bonchev–Trinajstić information content (AvgIpc) is 3.08. The Morgan fingerprint density at radius 2 is 1.33 bits per heavy atom. The summed E-state index contributed by atoms with van der Waals surface area (Å²) in [6.45, 7) is 16.9. The van der Waals surface area contributed by atoms with Gasteiger partial charge in [-0.1, -0.05) is 6.08 Å². The minimum atomic E-state index is -1.34. The van der Waals surface area contributed by atoms with E-state index in [1.165, 1.54) is 0 Å². The molecule has 0 radical (unpaired) electrons. The number of anilines is 2. The molecule has 4 rings (SSSR count). The van der Waals surface area contributed by atoms with E-state index in [0.717, 1.165) is 48.7 Å². The van der Waals surface area contributed by atoms with Crippen LogP contribution in [-0.4, -0.2) is 51.6 Å². The molecule has 0 bridgehead atoms. The molecule has 0 amide bonds. The summed E-state index contributed by atoms with van der Waals surface area (Å²) in [7, 11) is 0. The van der Waals surface area contributed by atoms with Crippen molar-refractivity contribution in [2.45, 2.75) is 53.6 Å². The minimum absolute atomic E-state index is 0.411. The first kappa shape index (κ1) is 28.3. The third-order valence-corrected chi connectivity index (χ3v) is 7.35. The van der Waals surface area contributed by atoms with Crippen LogP contribution in [0.2, 0.25) is 0 Å². The van der Waals surface area contributed by atoms with Crippen molar-refractivity contribution >= 4 is 23.6 Å². The molecule has 0 atom stereocenters. The highest BCUT2D eigenvalue weighted by Gasteiger charge is 2.53. The van der Waals surface area contributed by atoms with Gasteiger partial charge in [-0.3, -0.25) is 4.99 Å². The van der Waals surface area contributed by atoms with E-state index in [4.69, 9.17) is 19.2 Å². The van der Waals surface area contributed by atoms with Gasteiger partial charge in [-0.25, -0.2) is 4.79 Å². The quantitative estimate of drug-likeness (QED) is 0.301. The van der Waals surface area contributed by atoms with E-state index in [1.807, 2.05) is 56.5 Å².